The zero-order valence-corrected chi connectivity index (χ0v) is 14.2. The highest BCUT2D eigenvalue weighted by Crippen LogP contribution is 2.29. The van der Waals surface area contributed by atoms with Crippen molar-refractivity contribution in [3.63, 3.8) is 0 Å². The molecule has 1 fully saturated rings. The van der Waals surface area contributed by atoms with Gasteiger partial charge < -0.3 is 18.8 Å². The van der Waals surface area contributed by atoms with Crippen LogP contribution in [0.1, 0.15) is 34.8 Å². The lowest BCUT2D eigenvalue weighted by atomic mass is 9.93. The van der Waals surface area contributed by atoms with E-state index in [-0.39, 0.29) is 11.5 Å². The number of methoxy groups -OCH3 is 1. The third kappa shape index (κ3) is 2.93. The lowest BCUT2D eigenvalue weighted by Crippen LogP contribution is -2.38. The van der Waals surface area contributed by atoms with Crippen LogP contribution in [0.2, 0.25) is 0 Å². The molecule has 128 valence electrons. The molecule has 1 amide bonds. The van der Waals surface area contributed by atoms with Gasteiger partial charge in [0.05, 0.1) is 19.0 Å². The summed E-state index contributed by atoms with van der Waals surface area (Å²) in [6, 6.07) is 1.36. The number of likely N-dealkylation sites (tertiary alicyclic amines) is 1. The second-order valence-corrected chi connectivity index (χ2v) is 6.20. The van der Waals surface area contributed by atoms with Crippen molar-refractivity contribution in [1.82, 2.24) is 19.0 Å². The van der Waals surface area contributed by atoms with Crippen LogP contribution in [0, 0.1) is 0 Å². The number of aryl methyl sites for hydroxylation is 2. The quantitative estimate of drug-likeness (QED) is 0.846. The van der Waals surface area contributed by atoms with Gasteiger partial charge in [-0.15, -0.1) is 0 Å². The van der Waals surface area contributed by atoms with Crippen molar-refractivity contribution in [3.8, 4) is 5.75 Å². The van der Waals surface area contributed by atoms with E-state index in [0.717, 1.165) is 12.8 Å². The third-order valence-electron chi connectivity index (χ3n) is 4.70. The molecule has 1 saturated heterocycles. The first-order valence-electron chi connectivity index (χ1n) is 8.01. The normalized spacial score (nSPS) is 15.5. The number of carbonyl (C=O) groups is 1. The number of ether oxygens (including phenoxy) is 1. The minimum absolute atomic E-state index is 0.0918. The Bertz CT molecular complexity index is 800. The summed E-state index contributed by atoms with van der Waals surface area (Å²) in [6.45, 7) is 1.36. The van der Waals surface area contributed by atoms with Gasteiger partial charge in [-0.25, -0.2) is 4.98 Å². The van der Waals surface area contributed by atoms with Crippen LogP contribution in [0.3, 0.4) is 0 Å². The van der Waals surface area contributed by atoms with Gasteiger partial charge in [0.2, 0.25) is 0 Å². The summed E-state index contributed by atoms with van der Waals surface area (Å²) in [5, 5.41) is 0. The lowest BCUT2D eigenvalue weighted by molar-refractivity contribution is 0.0707. The monoisotopic (exact) mass is 330 g/mol. The molecule has 2 aromatic rings. The van der Waals surface area contributed by atoms with Crippen LogP contribution in [-0.2, 0) is 14.1 Å². The van der Waals surface area contributed by atoms with Crippen LogP contribution in [0.4, 0.5) is 0 Å². The van der Waals surface area contributed by atoms with Crippen molar-refractivity contribution >= 4 is 5.91 Å². The SMILES string of the molecule is COc1cc(=O)n(C)cc1C(=O)N1CCC(c2cncn2C)CC1. The molecule has 0 radical (unpaired) electrons. The summed E-state index contributed by atoms with van der Waals surface area (Å²) in [6.07, 6.45) is 7.07. The maximum atomic E-state index is 12.8. The van der Waals surface area contributed by atoms with E-state index < -0.39 is 0 Å². The first kappa shape index (κ1) is 16.3. The van der Waals surface area contributed by atoms with Crippen LogP contribution >= 0.6 is 0 Å². The highest BCUT2D eigenvalue weighted by atomic mass is 16.5. The largest absolute Gasteiger partial charge is 0.496 e. The van der Waals surface area contributed by atoms with E-state index in [2.05, 4.69) is 4.98 Å². The molecule has 0 bridgehead atoms. The number of piperidine rings is 1. The molecule has 24 heavy (non-hydrogen) atoms. The van der Waals surface area contributed by atoms with Crippen molar-refractivity contribution < 1.29 is 9.53 Å². The van der Waals surface area contributed by atoms with E-state index in [4.69, 9.17) is 4.74 Å². The van der Waals surface area contributed by atoms with Crippen LogP contribution in [0.25, 0.3) is 0 Å². The third-order valence-corrected chi connectivity index (χ3v) is 4.70. The molecule has 0 aliphatic carbocycles. The van der Waals surface area contributed by atoms with Gasteiger partial charge in [0.1, 0.15) is 5.75 Å². The summed E-state index contributed by atoms with van der Waals surface area (Å²) in [5.74, 6) is 0.659. The Morgan fingerprint density at radius 3 is 2.54 bits per heavy atom. The number of rotatable bonds is 3. The Labute approximate surface area is 140 Å². The highest BCUT2D eigenvalue weighted by Gasteiger charge is 2.27. The number of amides is 1. The zero-order valence-electron chi connectivity index (χ0n) is 14.2. The number of hydrogen-bond acceptors (Lipinski definition) is 4. The van der Waals surface area contributed by atoms with Gasteiger partial charge in [0.25, 0.3) is 11.5 Å². The molecule has 0 saturated carbocycles. The Morgan fingerprint density at radius 1 is 1.25 bits per heavy atom. The van der Waals surface area contributed by atoms with E-state index >= 15 is 0 Å². The summed E-state index contributed by atoms with van der Waals surface area (Å²) in [5.41, 5.74) is 1.44. The van der Waals surface area contributed by atoms with Gasteiger partial charge in [-0.2, -0.15) is 0 Å². The lowest BCUT2D eigenvalue weighted by Gasteiger charge is -2.32. The second kappa shape index (κ2) is 6.51. The van der Waals surface area contributed by atoms with Gasteiger partial charge in [-0.05, 0) is 12.8 Å². The molecule has 0 unspecified atom stereocenters. The van der Waals surface area contributed by atoms with Crippen molar-refractivity contribution in [2.24, 2.45) is 14.1 Å². The number of hydrogen-bond donors (Lipinski definition) is 0. The number of aromatic nitrogens is 3. The molecule has 0 atom stereocenters. The molecule has 1 aliphatic rings. The Balaban J connectivity index is 1.75. The minimum atomic E-state index is -0.196. The first-order chi connectivity index (χ1) is 11.5. The summed E-state index contributed by atoms with van der Waals surface area (Å²) in [7, 11) is 5.10. The van der Waals surface area contributed by atoms with Crippen LogP contribution in [0.5, 0.6) is 5.75 Å². The Kier molecular flexibility index (Phi) is 4.42. The van der Waals surface area contributed by atoms with Crippen molar-refractivity contribution in [2.75, 3.05) is 20.2 Å². The fraction of sp³-hybridized carbons (Fsp3) is 0.471. The number of nitrogens with zero attached hydrogens (tertiary/aromatic N) is 4. The molecule has 1 aliphatic heterocycles. The molecule has 3 rings (SSSR count). The fourth-order valence-corrected chi connectivity index (χ4v) is 3.25. The van der Waals surface area contributed by atoms with Crippen molar-refractivity contribution in [3.05, 3.63) is 46.4 Å². The predicted octanol–water partition coefficient (Wildman–Crippen LogP) is 1.15. The average Bonchev–Trinajstić information content (AvgIpc) is 3.02. The van der Waals surface area contributed by atoms with E-state index in [0.29, 0.717) is 30.3 Å². The topological polar surface area (TPSA) is 69.4 Å². The summed E-state index contributed by atoms with van der Waals surface area (Å²) in [4.78, 5) is 30.5. The molecule has 2 aromatic heterocycles. The van der Waals surface area contributed by atoms with Gasteiger partial charge in [-0.1, -0.05) is 0 Å². The molecule has 0 N–H and O–H groups in total. The number of pyridine rings is 1. The molecule has 0 aromatic carbocycles. The second-order valence-electron chi connectivity index (χ2n) is 6.20. The number of imidazole rings is 1. The molecular formula is C17H22N4O3. The van der Waals surface area contributed by atoms with Crippen LogP contribution < -0.4 is 10.3 Å². The van der Waals surface area contributed by atoms with Crippen molar-refractivity contribution in [2.45, 2.75) is 18.8 Å². The molecular weight excluding hydrogens is 308 g/mol. The highest BCUT2D eigenvalue weighted by molar-refractivity contribution is 5.96. The molecule has 3 heterocycles. The molecule has 7 heteroatoms. The molecule has 0 spiro atoms. The smallest absolute Gasteiger partial charge is 0.259 e. The van der Waals surface area contributed by atoms with Crippen LogP contribution in [-0.4, -0.2) is 45.1 Å². The van der Waals surface area contributed by atoms with Gasteiger partial charge in [-0.3, -0.25) is 9.59 Å². The van der Waals surface area contributed by atoms with Gasteiger partial charge in [0.15, 0.2) is 0 Å². The maximum absolute atomic E-state index is 12.8. The Hall–Kier alpha value is -2.57. The minimum Gasteiger partial charge on any atom is -0.496 e. The van der Waals surface area contributed by atoms with E-state index in [1.165, 1.54) is 23.4 Å². The maximum Gasteiger partial charge on any atom is 0.259 e. The predicted molar refractivity (Wildman–Crippen MR) is 89.3 cm³/mol. The average molecular weight is 330 g/mol. The number of carbonyl (C=O) groups excluding carboxylic acids is 1. The van der Waals surface area contributed by atoms with E-state index in [1.54, 1.807) is 13.2 Å². The first-order valence-corrected chi connectivity index (χ1v) is 8.01. The van der Waals surface area contributed by atoms with Crippen LogP contribution in [0.15, 0.2) is 29.6 Å². The van der Waals surface area contributed by atoms with Gasteiger partial charge in [0, 0.05) is 57.3 Å². The molecule has 7 nitrogen and oxygen atoms in total. The van der Waals surface area contributed by atoms with Crippen molar-refractivity contribution in [1.29, 1.82) is 0 Å². The summed E-state index contributed by atoms with van der Waals surface area (Å²) < 4.78 is 8.66. The Morgan fingerprint density at radius 2 is 1.96 bits per heavy atom. The zero-order chi connectivity index (χ0) is 17.3. The van der Waals surface area contributed by atoms with E-state index in [9.17, 15) is 9.59 Å². The van der Waals surface area contributed by atoms with E-state index in [1.807, 2.05) is 29.0 Å². The summed E-state index contributed by atoms with van der Waals surface area (Å²) >= 11 is 0. The fourth-order valence-electron chi connectivity index (χ4n) is 3.25. The van der Waals surface area contributed by atoms with Gasteiger partial charge >= 0.3 is 0 Å². The standard InChI is InChI=1S/C17H22N4O3/c1-19-10-13(15(24-3)8-16(19)22)17(23)21-6-4-12(5-7-21)14-9-18-11-20(14)2/h8-12H,4-7H2,1-3H3.